The number of halogens is 2. The molecule has 2 rings (SSSR count). The van der Waals surface area contributed by atoms with Crippen molar-refractivity contribution in [3.05, 3.63) is 29.3 Å². The molecule has 1 aromatic carbocycles. The highest BCUT2D eigenvalue weighted by molar-refractivity contribution is 7.33. The molecule has 165 valence electrons. The minimum Gasteiger partial charge on any atom is -0.493 e. The van der Waals surface area contributed by atoms with Gasteiger partial charge in [-0.1, -0.05) is 77.3 Å². The summed E-state index contributed by atoms with van der Waals surface area (Å²) in [5.74, 6) is 2.48. The third-order valence-electron chi connectivity index (χ3n) is 6.36. The summed E-state index contributed by atoms with van der Waals surface area (Å²) < 4.78 is 6.25. The predicted octanol–water partition coefficient (Wildman–Crippen LogP) is 9.32. The molecule has 4 heteroatoms. The molecule has 0 spiro atoms. The van der Waals surface area contributed by atoms with Crippen LogP contribution in [0.2, 0.25) is 6.04 Å². The van der Waals surface area contributed by atoms with E-state index in [1.165, 1.54) is 82.6 Å². The highest BCUT2D eigenvalue weighted by Gasteiger charge is 2.21. The van der Waals surface area contributed by atoms with Crippen molar-refractivity contribution < 1.29 is 4.74 Å². The first-order valence-corrected chi connectivity index (χ1v) is 15.8. The van der Waals surface area contributed by atoms with Gasteiger partial charge in [0.05, 0.1) is 6.61 Å². The van der Waals surface area contributed by atoms with Gasteiger partial charge in [-0.25, -0.2) is 0 Å². The van der Waals surface area contributed by atoms with Crippen molar-refractivity contribution in [3.63, 3.8) is 0 Å². The van der Waals surface area contributed by atoms with E-state index in [-0.39, 0.29) is 0 Å². The zero-order valence-corrected chi connectivity index (χ0v) is 21.2. The highest BCUT2D eigenvalue weighted by atomic mass is 35.7. The Morgan fingerprint density at radius 1 is 0.966 bits per heavy atom. The molecule has 1 saturated carbocycles. The monoisotopic (exact) mass is 455 g/mol. The fourth-order valence-corrected chi connectivity index (χ4v) is 5.93. The van der Waals surface area contributed by atoms with Crippen LogP contribution in [0.4, 0.5) is 0 Å². The second-order valence-corrected chi connectivity index (χ2v) is 13.3. The largest absolute Gasteiger partial charge is 0.493 e. The Hall–Kier alpha value is -0.183. The molecule has 1 unspecified atom stereocenters. The summed E-state index contributed by atoms with van der Waals surface area (Å²) >= 11 is 11.9. The lowest BCUT2D eigenvalue weighted by atomic mass is 9.81. The number of unbranched alkanes of at least 4 members (excludes halogenated alkanes) is 3. The molecule has 0 bridgehead atoms. The van der Waals surface area contributed by atoms with Crippen LogP contribution in [-0.4, -0.2) is 14.0 Å². The minimum absolute atomic E-state index is 0.668. The van der Waals surface area contributed by atoms with Gasteiger partial charge in [-0.3, -0.25) is 0 Å². The normalized spacial score (nSPS) is 16.3. The van der Waals surface area contributed by atoms with Crippen molar-refractivity contribution in [2.75, 3.05) is 6.61 Å². The zero-order valence-electron chi connectivity index (χ0n) is 18.7. The second kappa shape index (κ2) is 14.8. The lowest BCUT2D eigenvalue weighted by Gasteiger charge is -2.26. The Balaban J connectivity index is 2.12. The van der Waals surface area contributed by atoms with E-state index in [4.69, 9.17) is 26.9 Å². The van der Waals surface area contributed by atoms with E-state index in [0.717, 1.165) is 24.8 Å². The molecule has 1 aliphatic carbocycles. The van der Waals surface area contributed by atoms with E-state index in [1.807, 2.05) is 0 Å². The van der Waals surface area contributed by atoms with E-state index in [0.29, 0.717) is 11.8 Å². The average molecular weight is 457 g/mol. The maximum atomic E-state index is 6.25. The number of hydrogen-bond acceptors (Lipinski definition) is 1. The first-order valence-electron chi connectivity index (χ1n) is 12.1. The van der Waals surface area contributed by atoms with Crippen molar-refractivity contribution in [1.29, 1.82) is 0 Å². The summed E-state index contributed by atoms with van der Waals surface area (Å²) in [5.41, 5.74) is 3.02. The van der Waals surface area contributed by atoms with Crippen molar-refractivity contribution in [1.82, 2.24) is 0 Å². The standard InChI is InChI=1S/C25H41Cl2OSi/c1-3-5-6-8-13-21(12-4-2)23-16-17-25(28-18-11-19-29(26)27)24(20-23)22-14-9-7-10-15-22/h16-17,20-22H,3-15,18-19H2,1-2H3. The molecular formula is C25H41Cl2OSi. The van der Waals surface area contributed by atoms with Gasteiger partial charge in [0, 0.05) is 0 Å². The Morgan fingerprint density at radius 3 is 2.45 bits per heavy atom. The molecule has 1 aliphatic rings. The summed E-state index contributed by atoms with van der Waals surface area (Å²) in [4.78, 5) is 0. The molecule has 1 nitrogen and oxygen atoms in total. The van der Waals surface area contributed by atoms with Gasteiger partial charge < -0.3 is 4.74 Å². The van der Waals surface area contributed by atoms with Crippen LogP contribution in [0.15, 0.2) is 18.2 Å². The molecule has 29 heavy (non-hydrogen) atoms. The molecule has 1 radical (unpaired) electrons. The highest BCUT2D eigenvalue weighted by Crippen LogP contribution is 2.40. The Bertz CT molecular complexity index is 558. The fraction of sp³-hybridized carbons (Fsp3) is 0.760. The van der Waals surface area contributed by atoms with E-state index in [1.54, 1.807) is 5.56 Å². The first kappa shape index (κ1) is 25.1. The molecule has 0 amide bonds. The van der Waals surface area contributed by atoms with Gasteiger partial charge in [-0.2, -0.15) is 0 Å². The number of rotatable bonds is 14. The predicted molar refractivity (Wildman–Crippen MR) is 131 cm³/mol. The molecule has 0 aromatic heterocycles. The average Bonchev–Trinajstić information content (AvgIpc) is 2.74. The molecule has 0 aliphatic heterocycles. The second-order valence-electron chi connectivity index (χ2n) is 8.76. The third kappa shape index (κ3) is 9.23. The lowest BCUT2D eigenvalue weighted by molar-refractivity contribution is 0.307. The third-order valence-corrected chi connectivity index (χ3v) is 8.23. The topological polar surface area (TPSA) is 9.23 Å². The minimum atomic E-state index is -1.19. The van der Waals surface area contributed by atoms with Gasteiger partial charge in [0.1, 0.15) is 5.75 Å². The van der Waals surface area contributed by atoms with E-state index in [9.17, 15) is 0 Å². The van der Waals surface area contributed by atoms with Gasteiger partial charge >= 0.3 is 0 Å². The SMILES string of the molecule is CCCCCCC(CCC)c1ccc(OCCC[Si](Cl)Cl)c(C2CCCCC2)c1. The van der Waals surface area contributed by atoms with Gasteiger partial charge in [0.25, 0.3) is 7.42 Å². The number of ether oxygens (including phenoxy) is 1. The zero-order chi connectivity index (χ0) is 20.9. The molecular weight excluding hydrogens is 415 g/mol. The summed E-state index contributed by atoms with van der Waals surface area (Å²) in [6.07, 6.45) is 17.0. The number of benzene rings is 1. The van der Waals surface area contributed by atoms with Gasteiger partial charge in [0.2, 0.25) is 0 Å². The van der Waals surface area contributed by atoms with Crippen LogP contribution >= 0.6 is 22.2 Å². The van der Waals surface area contributed by atoms with E-state index >= 15 is 0 Å². The Labute approximate surface area is 190 Å². The smallest absolute Gasteiger partial charge is 0.274 e. The number of hydrogen-bond donors (Lipinski definition) is 0. The molecule has 0 N–H and O–H groups in total. The fourth-order valence-electron chi connectivity index (χ4n) is 4.72. The molecule has 0 heterocycles. The van der Waals surface area contributed by atoms with Crippen molar-refractivity contribution in [2.24, 2.45) is 0 Å². The van der Waals surface area contributed by atoms with Crippen LogP contribution in [0, 0.1) is 0 Å². The Morgan fingerprint density at radius 2 is 1.76 bits per heavy atom. The van der Waals surface area contributed by atoms with Crippen molar-refractivity contribution >= 4 is 29.6 Å². The van der Waals surface area contributed by atoms with Crippen LogP contribution in [0.5, 0.6) is 5.75 Å². The van der Waals surface area contributed by atoms with Crippen LogP contribution in [0.25, 0.3) is 0 Å². The lowest BCUT2D eigenvalue weighted by Crippen LogP contribution is -2.10. The quantitative estimate of drug-likeness (QED) is 0.154. The van der Waals surface area contributed by atoms with Crippen LogP contribution in [0.3, 0.4) is 0 Å². The maximum Gasteiger partial charge on any atom is 0.274 e. The summed E-state index contributed by atoms with van der Waals surface area (Å²) in [6.45, 7) is 5.34. The van der Waals surface area contributed by atoms with Gasteiger partial charge in [-0.15, -0.1) is 22.2 Å². The molecule has 0 saturated heterocycles. The van der Waals surface area contributed by atoms with Gasteiger partial charge in [0.15, 0.2) is 0 Å². The van der Waals surface area contributed by atoms with Gasteiger partial charge in [-0.05, 0) is 67.2 Å². The Kier molecular flexibility index (Phi) is 12.8. The summed E-state index contributed by atoms with van der Waals surface area (Å²) in [5, 5.41) is 0. The molecule has 1 aromatic rings. The van der Waals surface area contributed by atoms with Crippen LogP contribution in [0.1, 0.15) is 120 Å². The first-order chi connectivity index (χ1) is 14.2. The van der Waals surface area contributed by atoms with Crippen molar-refractivity contribution in [2.45, 2.75) is 115 Å². The molecule has 1 fully saturated rings. The molecule has 1 atom stereocenters. The van der Waals surface area contributed by atoms with E-state index < -0.39 is 7.42 Å². The van der Waals surface area contributed by atoms with E-state index in [2.05, 4.69) is 32.0 Å². The maximum absolute atomic E-state index is 6.25. The summed E-state index contributed by atoms with van der Waals surface area (Å²) in [7, 11) is -1.19. The van der Waals surface area contributed by atoms with Crippen molar-refractivity contribution in [3.8, 4) is 5.75 Å². The van der Waals surface area contributed by atoms with Crippen LogP contribution < -0.4 is 4.74 Å². The summed E-state index contributed by atoms with van der Waals surface area (Å²) in [6, 6.07) is 8.02. The van der Waals surface area contributed by atoms with Crippen LogP contribution in [-0.2, 0) is 0 Å².